The van der Waals surface area contributed by atoms with Crippen LogP contribution < -0.4 is 5.32 Å². The zero-order chi connectivity index (χ0) is 14.6. The van der Waals surface area contributed by atoms with E-state index in [1.165, 1.54) is 18.5 Å². The second-order valence-electron chi connectivity index (χ2n) is 7.24. The monoisotopic (exact) mass is 274 g/mol. The molecule has 1 heterocycles. The second-order valence-corrected chi connectivity index (χ2v) is 7.24. The minimum absolute atomic E-state index is 0.328. The number of nitrogens with zero attached hydrogens (tertiary/aromatic N) is 1. The molecule has 0 aliphatic carbocycles. The van der Waals surface area contributed by atoms with Gasteiger partial charge in [0.2, 0.25) is 0 Å². The third-order valence-corrected chi connectivity index (χ3v) is 4.57. The number of hydrogen-bond donors (Lipinski definition) is 1. The lowest BCUT2D eigenvalue weighted by atomic mass is 9.86. The van der Waals surface area contributed by atoms with Crippen molar-refractivity contribution in [3.8, 4) is 0 Å². The fourth-order valence-corrected chi connectivity index (χ4v) is 2.94. The van der Waals surface area contributed by atoms with Crippen molar-refractivity contribution in [2.24, 2.45) is 5.41 Å². The summed E-state index contributed by atoms with van der Waals surface area (Å²) in [6, 6.07) is 12.1. The summed E-state index contributed by atoms with van der Waals surface area (Å²) in [4.78, 5) is 2.67. The molecule has 112 valence electrons. The molecule has 0 amide bonds. The fourth-order valence-electron chi connectivity index (χ4n) is 2.94. The molecule has 1 aliphatic rings. The standard InChI is InChI=1S/C18H30N2/c1-15-10-12-19-17(18(2,3)4)14-20(15)13-11-16-8-6-5-7-9-16/h5-9,15,17,19H,10-14H2,1-4H3. The van der Waals surface area contributed by atoms with Crippen LogP contribution in [0.1, 0.15) is 39.7 Å². The van der Waals surface area contributed by atoms with Crippen molar-refractivity contribution in [2.45, 2.75) is 52.6 Å². The Morgan fingerprint density at radius 3 is 2.55 bits per heavy atom. The maximum Gasteiger partial charge on any atom is 0.0243 e. The largest absolute Gasteiger partial charge is 0.312 e. The van der Waals surface area contributed by atoms with Crippen molar-refractivity contribution < 1.29 is 0 Å². The van der Waals surface area contributed by atoms with Crippen molar-refractivity contribution in [2.75, 3.05) is 19.6 Å². The summed E-state index contributed by atoms with van der Waals surface area (Å²) < 4.78 is 0. The van der Waals surface area contributed by atoms with E-state index in [-0.39, 0.29) is 0 Å². The van der Waals surface area contributed by atoms with Gasteiger partial charge in [-0.2, -0.15) is 0 Å². The van der Waals surface area contributed by atoms with Gasteiger partial charge < -0.3 is 5.32 Å². The van der Waals surface area contributed by atoms with Gasteiger partial charge in [-0.25, -0.2) is 0 Å². The summed E-state index contributed by atoms with van der Waals surface area (Å²) in [5.41, 5.74) is 1.78. The number of rotatable bonds is 3. The molecule has 1 N–H and O–H groups in total. The Bertz CT molecular complexity index is 394. The van der Waals surface area contributed by atoms with Crippen molar-refractivity contribution in [1.29, 1.82) is 0 Å². The SMILES string of the molecule is CC1CCNC(C(C)(C)C)CN1CCc1ccccc1. The average molecular weight is 274 g/mol. The molecule has 2 nitrogen and oxygen atoms in total. The van der Waals surface area contributed by atoms with Crippen LogP contribution in [-0.4, -0.2) is 36.6 Å². The van der Waals surface area contributed by atoms with E-state index in [1.54, 1.807) is 0 Å². The molecule has 0 bridgehead atoms. The van der Waals surface area contributed by atoms with E-state index in [2.05, 4.69) is 68.2 Å². The van der Waals surface area contributed by atoms with E-state index in [9.17, 15) is 0 Å². The highest BCUT2D eigenvalue weighted by Crippen LogP contribution is 2.23. The number of nitrogens with one attached hydrogen (secondary N) is 1. The van der Waals surface area contributed by atoms with Crippen LogP contribution >= 0.6 is 0 Å². The predicted octanol–water partition coefficient (Wildman–Crippen LogP) is 3.33. The van der Waals surface area contributed by atoms with Gasteiger partial charge >= 0.3 is 0 Å². The van der Waals surface area contributed by atoms with Crippen molar-refractivity contribution >= 4 is 0 Å². The number of hydrogen-bond acceptors (Lipinski definition) is 2. The van der Waals surface area contributed by atoms with E-state index >= 15 is 0 Å². The fraction of sp³-hybridized carbons (Fsp3) is 0.667. The van der Waals surface area contributed by atoms with E-state index < -0.39 is 0 Å². The van der Waals surface area contributed by atoms with Crippen molar-refractivity contribution in [1.82, 2.24) is 10.2 Å². The van der Waals surface area contributed by atoms with Crippen LogP contribution in [0.5, 0.6) is 0 Å². The van der Waals surface area contributed by atoms with Gasteiger partial charge in [0.1, 0.15) is 0 Å². The normalized spacial score (nSPS) is 25.4. The molecule has 1 saturated heterocycles. The first-order valence-electron chi connectivity index (χ1n) is 7.98. The third-order valence-electron chi connectivity index (χ3n) is 4.57. The second kappa shape index (κ2) is 6.73. The van der Waals surface area contributed by atoms with Gasteiger partial charge in [-0.05, 0) is 37.3 Å². The summed E-state index contributed by atoms with van der Waals surface area (Å²) in [5, 5.41) is 3.74. The third kappa shape index (κ3) is 4.32. The molecule has 1 aliphatic heterocycles. The Labute approximate surface area is 124 Å². The van der Waals surface area contributed by atoms with Crippen LogP contribution in [0.2, 0.25) is 0 Å². The number of benzene rings is 1. The first kappa shape index (κ1) is 15.5. The smallest absolute Gasteiger partial charge is 0.0243 e. The lowest BCUT2D eigenvalue weighted by molar-refractivity contribution is 0.165. The van der Waals surface area contributed by atoms with Gasteiger partial charge in [0.15, 0.2) is 0 Å². The van der Waals surface area contributed by atoms with E-state index in [1.807, 2.05) is 0 Å². The van der Waals surface area contributed by atoms with Crippen LogP contribution in [0.4, 0.5) is 0 Å². The molecular weight excluding hydrogens is 244 g/mol. The molecule has 2 heteroatoms. The molecule has 1 fully saturated rings. The quantitative estimate of drug-likeness (QED) is 0.909. The van der Waals surface area contributed by atoms with Crippen LogP contribution in [0.3, 0.4) is 0 Å². The zero-order valence-electron chi connectivity index (χ0n) is 13.5. The van der Waals surface area contributed by atoms with E-state index in [0.717, 1.165) is 19.5 Å². The Hall–Kier alpha value is -0.860. The molecule has 1 aromatic rings. The highest BCUT2D eigenvalue weighted by Gasteiger charge is 2.30. The molecule has 20 heavy (non-hydrogen) atoms. The predicted molar refractivity (Wildman–Crippen MR) is 87.0 cm³/mol. The molecule has 1 aromatic carbocycles. The van der Waals surface area contributed by atoms with Crippen LogP contribution in [0.15, 0.2) is 30.3 Å². The van der Waals surface area contributed by atoms with Gasteiger partial charge in [0.25, 0.3) is 0 Å². The summed E-state index contributed by atoms with van der Waals surface area (Å²) in [7, 11) is 0. The van der Waals surface area contributed by atoms with E-state index in [0.29, 0.717) is 17.5 Å². The first-order chi connectivity index (χ1) is 9.47. The Kier molecular flexibility index (Phi) is 5.22. The molecule has 2 rings (SSSR count). The van der Waals surface area contributed by atoms with Gasteiger partial charge in [-0.3, -0.25) is 4.90 Å². The van der Waals surface area contributed by atoms with Crippen LogP contribution in [0.25, 0.3) is 0 Å². The summed E-state index contributed by atoms with van der Waals surface area (Å²) in [6.07, 6.45) is 2.41. The molecule has 0 aromatic heterocycles. The van der Waals surface area contributed by atoms with Gasteiger partial charge in [-0.15, -0.1) is 0 Å². The van der Waals surface area contributed by atoms with Gasteiger partial charge in [0, 0.05) is 25.2 Å². The summed E-state index contributed by atoms with van der Waals surface area (Å²) in [5.74, 6) is 0. The topological polar surface area (TPSA) is 15.3 Å². The molecular formula is C18H30N2. The Morgan fingerprint density at radius 2 is 1.90 bits per heavy atom. The molecule has 0 saturated carbocycles. The Balaban J connectivity index is 1.96. The lowest BCUT2D eigenvalue weighted by Gasteiger charge is -2.35. The van der Waals surface area contributed by atoms with Gasteiger partial charge in [0.05, 0.1) is 0 Å². The highest BCUT2D eigenvalue weighted by molar-refractivity contribution is 5.15. The zero-order valence-corrected chi connectivity index (χ0v) is 13.5. The molecule has 2 unspecified atom stereocenters. The Morgan fingerprint density at radius 1 is 1.20 bits per heavy atom. The maximum atomic E-state index is 3.74. The maximum absolute atomic E-state index is 3.74. The van der Waals surface area contributed by atoms with Crippen LogP contribution in [0, 0.1) is 5.41 Å². The first-order valence-corrected chi connectivity index (χ1v) is 7.98. The van der Waals surface area contributed by atoms with E-state index in [4.69, 9.17) is 0 Å². The summed E-state index contributed by atoms with van der Waals surface area (Å²) in [6.45, 7) is 12.9. The molecule has 0 spiro atoms. The van der Waals surface area contributed by atoms with Crippen molar-refractivity contribution in [3.05, 3.63) is 35.9 Å². The minimum Gasteiger partial charge on any atom is -0.312 e. The molecule has 0 radical (unpaired) electrons. The van der Waals surface area contributed by atoms with Crippen LogP contribution in [-0.2, 0) is 6.42 Å². The average Bonchev–Trinajstić information content (AvgIpc) is 2.59. The molecule has 2 atom stereocenters. The van der Waals surface area contributed by atoms with Crippen molar-refractivity contribution in [3.63, 3.8) is 0 Å². The highest BCUT2D eigenvalue weighted by atomic mass is 15.2. The lowest BCUT2D eigenvalue weighted by Crippen LogP contribution is -2.47. The van der Waals surface area contributed by atoms with Gasteiger partial charge in [-0.1, -0.05) is 51.1 Å². The summed E-state index contributed by atoms with van der Waals surface area (Å²) >= 11 is 0. The minimum atomic E-state index is 0.328.